The number of ether oxygens (including phenoxy) is 2. The molecule has 1 aromatic carbocycles. The molecule has 1 amide bonds. The number of hydrogen-bond donors (Lipinski definition) is 1. The standard InChI is InChI=1S/C27H28FN5O3/c1-33-16-29-15-24(33)26(18-4-6-25(35-2)21(28)12-18)32-27(34)22-5-3-19-14-30-20(13-23(19)31-22)11-17-7-9-36-10-8-17/h3-6,12-17,26H,7-11H2,1-2H3,(H,32,34)/t26-/m0/s1. The lowest BCUT2D eigenvalue weighted by atomic mass is 9.94. The summed E-state index contributed by atoms with van der Waals surface area (Å²) in [6, 6.07) is 9.46. The van der Waals surface area contributed by atoms with Crippen LogP contribution in [0.2, 0.25) is 0 Å². The van der Waals surface area contributed by atoms with Crippen molar-refractivity contribution < 1.29 is 18.7 Å². The van der Waals surface area contributed by atoms with E-state index in [0.717, 1.165) is 43.6 Å². The van der Waals surface area contributed by atoms with Crippen molar-refractivity contribution in [2.75, 3.05) is 20.3 Å². The highest BCUT2D eigenvalue weighted by atomic mass is 19.1. The highest BCUT2D eigenvalue weighted by Gasteiger charge is 2.23. The Morgan fingerprint density at radius 1 is 1.22 bits per heavy atom. The maximum Gasteiger partial charge on any atom is 0.270 e. The van der Waals surface area contributed by atoms with Crippen molar-refractivity contribution in [3.63, 3.8) is 0 Å². The van der Waals surface area contributed by atoms with Crippen LogP contribution in [-0.2, 0) is 18.2 Å². The van der Waals surface area contributed by atoms with Gasteiger partial charge < -0.3 is 19.4 Å². The monoisotopic (exact) mass is 489 g/mol. The van der Waals surface area contributed by atoms with Gasteiger partial charge in [0, 0.05) is 37.5 Å². The predicted molar refractivity (Wildman–Crippen MR) is 132 cm³/mol. The second-order valence-corrected chi connectivity index (χ2v) is 9.05. The van der Waals surface area contributed by atoms with E-state index in [4.69, 9.17) is 9.47 Å². The van der Waals surface area contributed by atoms with E-state index in [1.807, 2.05) is 19.2 Å². The maximum absolute atomic E-state index is 14.5. The van der Waals surface area contributed by atoms with Gasteiger partial charge in [0.25, 0.3) is 5.91 Å². The van der Waals surface area contributed by atoms with E-state index in [1.165, 1.54) is 13.2 Å². The molecule has 1 aliphatic heterocycles. The number of amides is 1. The first-order chi connectivity index (χ1) is 17.5. The number of aromatic nitrogens is 4. The third-order valence-electron chi connectivity index (χ3n) is 6.64. The number of fused-ring (bicyclic) bond motifs is 1. The van der Waals surface area contributed by atoms with Crippen LogP contribution in [0.3, 0.4) is 0 Å². The van der Waals surface area contributed by atoms with Gasteiger partial charge in [-0.15, -0.1) is 0 Å². The van der Waals surface area contributed by atoms with Gasteiger partial charge in [-0.2, -0.15) is 0 Å². The molecule has 9 heteroatoms. The Morgan fingerprint density at radius 2 is 2.06 bits per heavy atom. The Hall–Kier alpha value is -3.85. The molecule has 0 saturated carbocycles. The molecule has 0 radical (unpaired) electrons. The summed E-state index contributed by atoms with van der Waals surface area (Å²) in [6.45, 7) is 1.58. The van der Waals surface area contributed by atoms with Crippen LogP contribution in [0.4, 0.5) is 4.39 Å². The fourth-order valence-corrected chi connectivity index (χ4v) is 4.58. The maximum atomic E-state index is 14.5. The Morgan fingerprint density at radius 3 is 2.78 bits per heavy atom. The number of nitrogens with one attached hydrogen (secondary N) is 1. The molecule has 0 unspecified atom stereocenters. The van der Waals surface area contributed by atoms with Gasteiger partial charge >= 0.3 is 0 Å². The molecule has 5 rings (SSSR count). The van der Waals surface area contributed by atoms with Gasteiger partial charge in [0.15, 0.2) is 11.6 Å². The van der Waals surface area contributed by atoms with Crippen LogP contribution < -0.4 is 10.1 Å². The van der Waals surface area contributed by atoms with Crippen LogP contribution >= 0.6 is 0 Å². The van der Waals surface area contributed by atoms with Crippen molar-refractivity contribution in [3.8, 4) is 5.75 Å². The third kappa shape index (κ3) is 5.06. The molecule has 0 spiro atoms. The molecule has 1 aliphatic rings. The van der Waals surface area contributed by atoms with Crippen LogP contribution in [-0.4, -0.2) is 45.7 Å². The number of pyridine rings is 2. The number of imidazole rings is 1. The zero-order chi connectivity index (χ0) is 25.1. The summed E-state index contributed by atoms with van der Waals surface area (Å²) >= 11 is 0. The Labute approximate surface area is 208 Å². The van der Waals surface area contributed by atoms with Crippen molar-refractivity contribution in [3.05, 3.63) is 83.6 Å². The van der Waals surface area contributed by atoms with E-state index in [0.29, 0.717) is 22.7 Å². The Bertz CT molecular complexity index is 1380. The second kappa shape index (κ2) is 10.4. The molecular formula is C27H28FN5O3. The average molecular weight is 490 g/mol. The quantitative estimate of drug-likeness (QED) is 0.422. The van der Waals surface area contributed by atoms with Crippen LogP contribution in [0.25, 0.3) is 10.9 Å². The highest BCUT2D eigenvalue weighted by Crippen LogP contribution is 2.27. The first-order valence-corrected chi connectivity index (χ1v) is 12.0. The topological polar surface area (TPSA) is 91.2 Å². The number of carbonyl (C=O) groups excluding carboxylic acids is 1. The molecule has 0 aliphatic carbocycles. The van der Waals surface area contributed by atoms with E-state index in [2.05, 4.69) is 20.3 Å². The summed E-state index contributed by atoms with van der Waals surface area (Å²) in [7, 11) is 3.23. The minimum atomic E-state index is -0.635. The Balaban J connectivity index is 1.42. The van der Waals surface area contributed by atoms with Crippen LogP contribution in [0.5, 0.6) is 5.75 Å². The van der Waals surface area contributed by atoms with Crippen LogP contribution in [0.1, 0.15) is 46.3 Å². The fourth-order valence-electron chi connectivity index (χ4n) is 4.58. The van der Waals surface area contributed by atoms with Gasteiger partial charge in [-0.3, -0.25) is 9.78 Å². The summed E-state index contributed by atoms with van der Waals surface area (Å²) in [6.07, 6.45) is 8.00. The predicted octanol–water partition coefficient (Wildman–Crippen LogP) is 4.00. The van der Waals surface area contributed by atoms with E-state index in [-0.39, 0.29) is 17.4 Å². The smallest absolute Gasteiger partial charge is 0.270 e. The van der Waals surface area contributed by atoms with E-state index in [9.17, 15) is 9.18 Å². The summed E-state index contributed by atoms with van der Waals surface area (Å²) in [5.41, 5.74) is 3.21. The average Bonchev–Trinajstić information content (AvgIpc) is 3.32. The number of rotatable bonds is 7. The van der Waals surface area contributed by atoms with Gasteiger partial charge in [-0.1, -0.05) is 6.07 Å². The van der Waals surface area contributed by atoms with E-state index >= 15 is 0 Å². The fraction of sp³-hybridized carbons (Fsp3) is 0.333. The third-order valence-corrected chi connectivity index (χ3v) is 6.64. The van der Waals surface area contributed by atoms with Crippen molar-refractivity contribution in [2.24, 2.45) is 13.0 Å². The molecule has 1 atom stereocenters. The second-order valence-electron chi connectivity index (χ2n) is 9.05. The summed E-state index contributed by atoms with van der Waals surface area (Å²) in [5.74, 6) is -0.207. The molecule has 8 nitrogen and oxygen atoms in total. The normalized spacial score (nSPS) is 15.1. The Kier molecular flexibility index (Phi) is 6.90. The SMILES string of the molecule is COc1ccc([C@H](NC(=O)c2ccc3cnc(CC4CCOCC4)cc3n2)c2cncn2C)cc1F. The van der Waals surface area contributed by atoms with Crippen LogP contribution in [0, 0.1) is 11.7 Å². The van der Waals surface area contributed by atoms with Crippen molar-refractivity contribution in [2.45, 2.75) is 25.3 Å². The number of nitrogens with zero attached hydrogens (tertiary/aromatic N) is 4. The van der Waals surface area contributed by atoms with Crippen molar-refractivity contribution in [1.29, 1.82) is 0 Å². The minimum Gasteiger partial charge on any atom is -0.494 e. The van der Waals surface area contributed by atoms with Gasteiger partial charge in [-0.05, 0) is 61.1 Å². The summed E-state index contributed by atoms with van der Waals surface area (Å²) in [5, 5.41) is 3.87. The van der Waals surface area contributed by atoms with Gasteiger partial charge in [0.1, 0.15) is 5.69 Å². The molecule has 4 heterocycles. The number of halogens is 1. The number of benzene rings is 1. The van der Waals surface area contributed by atoms with Crippen molar-refractivity contribution in [1.82, 2.24) is 24.8 Å². The largest absolute Gasteiger partial charge is 0.494 e. The summed E-state index contributed by atoms with van der Waals surface area (Å²) < 4.78 is 26.8. The van der Waals surface area contributed by atoms with E-state index in [1.54, 1.807) is 41.5 Å². The van der Waals surface area contributed by atoms with Crippen LogP contribution in [0.15, 0.2) is 55.1 Å². The lowest BCUT2D eigenvalue weighted by Crippen LogP contribution is -2.31. The zero-order valence-electron chi connectivity index (χ0n) is 20.3. The lowest BCUT2D eigenvalue weighted by molar-refractivity contribution is 0.0663. The number of carbonyl (C=O) groups is 1. The number of methoxy groups -OCH3 is 1. The molecule has 3 aromatic heterocycles. The molecule has 4 aromatic rings. The van der Waals surface area contributed by atoms with E-state index < -0.39 is 11.9 Å². The number of hydrogen-bond acceptors (Lipinski definition) is 6. The molecule has 186 valence electrons. The molecule has 0 bridgehead atoms. The molecule has 1 N–H and O–H groups in total. The molecule has 1 fully saturated rings. The first kappa shape index (κ1) is 23.9. The number of aryl methyl sites for hydroxylation is 1. The van der Waals surface area contributed by atoms with Gasteiger partial charge in [-0.25, -0.2) is 14.4 Å². The molecular weight excluding hydrogens is 461 g/mol. The molecule has 1 saturated heterocycles. The lowest BCUT2D eigenvalue weighted by Gasteiger charge is -2.21. The van der Waals surface area contributed by atoms with Gasteiger partial charge in [0.2, 0.25) is 0 Å². The summed E-state index contributed by atoms with van der Waals surface area (Å²) in [4.78, 5) is 26.7. The highest BCUT2D eigenvalue weighted by molar-refractivity contribution is 5.95. The zero-order valence-corrected chi connectivity index (χ0v) is 20.3. The van der Waals surface area contributed by atoms with Gasteiger partial charge in [0.05, 0.1) is 36.9 Å². The first-order valence-electron chi connectivity index (χ1n) is 12.0. The van der Waals surface area contributed by atoms with Crippen molar-refractivity contribution >= 4 is 16.8 Å². The molecule has 36 heavy (non-hydrogen) atoms. The minimum absolute atomic E-state index is 0.134.